The van der Waals surface area contributed by atoms with Crippen LogP contribution in [0.3, 0.4) is 0 Å². The second-order valence-corrected chi connectivity index (χ2v) is 9.62. The van der Waals surface area contributed by atoms with Crippen LogP contribution in [0, 0.1) is 23.7 Å². The highest BCUT2D eigenvalue weighted by Gasteiger charge is 2.48. The van der Waals surface area contributed by atoms with E-state index in [1.165, 1.54) is 20.3 Å². The number of rotatable bonds is 10. The van der Waals surface area contributed by atoms with Crippen LogP contribution < -0.4 is 0 Å². The van der Waals surface area contributed by atoms with E-state index in [4.69, 9.17) is 23.7 Å². The number of aliphatic hydroxyl groups excluding tert-OH is 3. The van der Waals surface area contributed by atoms with Gasteiger partial charge in [-0.25, -0.2) is 4.79 Å². The van der Waals surface area contributed by atoms with Crippen LogP contribution in [-0.4, -0.2) is 91.4 Å². The Morgan fingerprint density at radius 1 is 1.03 bits per heavy atom. The molecule has 1 aliphatic carbocycles. The molecular weight excluding hydrogens is 500 g/mol. The zero-order chi connectivity index (χ0) is 27.8. The van der Waals surface area contributed by atoms with Gasteiger partial charge < -0.3 is 39.0 Å². The van der Waals surface area contributed by atoms with Crippen LogP contribution in [0.1, 0.15) is 25.3 Å². The molecule has 1 saturated carbocycles. The molecule has 0 amide bonds. The second-order valence-electron chi connectivity index (χ2n) is 9.62. The Kier molecular flexibility index (Phi) is 10.8. The van der Waals surface area contributed by atoms with E-state index in [2.05, 4.69) is 0 Å². The summed E-state index contributed by atoms with van der Waals surface area (Å²) in [5.74, 6) is -3.55. The number of ether oxygens (including phenoxy) is 5. The van der Waals surface area contributed by atoms with E-state index in [0.29, 0.717) is 12.8 Å². The summed E-state index contributed by atoms with van der Waals surface area (Å²) in [6.07, 6.45) is -3.49. The Morgan fingerprint density at radius 2 is 1.74 bits per heavy atom. The summed E-state index contributed by atoms with van der Waals surface area (Å²) < 4.78 is 26.3. The molecule has 38 heavy (non-hydrogen) atoms. The fourth-order valence-corrected chi connectivity index (χ4v) is 5.08. The molecule has 210 valence electrons. The van der Waals surface area contributed by atoms with Gasteiger partial charge >= 0.3 is 17.9 Å². The van der Waals surface area contributed by atoms with Gasteiger partial charge in [0.2, 0.25) is 0 Å². The number of hydrogen-bond acceptors (Lipinski definition) is 11. The van der Waals surface area contributed by atoms with Crippen LogP contribution in [0.25, 0.3) is 6.08 Å². The molecule has 11 nitrogen and oxygen atoms in total. The average molecular weight is 537 g/mol. The average Bonchev–Trinajstić information content (AvgIpc) is 3.31. The number of methoxy groups -OCH3 is 2. The van der Waals surface area contributed by atoms with Crippen molar-refractivity contribution in [3.63, 3.8) is 0 Å². The summed E-state index contributed by atoms with van der Waals surface area (Å²) >= 11 is 0. The summed E-state index contributed by atoms with van der Waals surface area (Å²) in [6, 6.07) is 9.08. The Bertz CT molecular complexity index is 965. The lowest BCUT2D eigenvalue weighted by molar-refractivity contribution is -0.304. The molecule has 2 fully saturated rings. The highest BCUT2D eigenvalue weighted by molar-refractivity contribution is 5.87. The summed E-state index contributed by atoms with van der Waals surface area (Å²) in [7, 11) is 2.51. The van der Waals surface area contributed by atoms with Gasteiger partial charge in [0, 0.05) is 6.08 Å². The molecule has 1 aliphatic heterocycles. The highest BCUT2D eigenvalue weighted by atomic mass is 16.7. The van der Waals surface area contributed by atoms with E-state index in [9.17, 15) is 29.7 Å². The van der Waals surface area contributed by atoms with Gasteiger partial charge in [-0.3, -0.25) is 9.59 Å². The SMILES string of the molecule is COC(=O)[C@@H]1[C@@H]([C@@H](CO[C@@H]2O[C@H](COC(=O)/C=C/c3ccccc3)[C@@H](O)[C@H](O)[C@H]2O)C(=O)OC)CC[C@@H]1C. The van der Waals surface area contributed by atoms with Crippen molar-refractivity contribution in [3.05, 3.63) is 42.0 Å². The normalized spacial score (nSPS) is 32.1. The van der Waals surface area contributed by atoms with Gasteiger partial charge in [0.25, 0.3) is 0 Å². The molecule has 0 spiro atoms. The van der Waals surface area contributed by atoms with E-state index in [1.54, 1.807) is 18.2 Å². The lowest BCUT2D eigenvalue weighted by Gasteiger charge is -2.40. The Hall–Kier alpha value is -2.83. The van der Waals surface area contributed by atoms with E-state index in [1.807, 2.05) is 25.1 Å². The molecule has 0 radical (unpaired) electrons. The van der Waals surface area contributed by atoms with Crippen LogP contribution in [0.15, 0.2) is 36.4 Å². The maximum atomic E-state index is 12.6. The minimum absolute atomic E-state index is 0.0110. The minimum Gasteiger partial charge on any atom is -0.469 e. The number of carbonyl (C=O) groups is 3. The number of esters is 3. The van der Waals surface area contributed by atoms with Crippen molar-refractivity contribution in [1.29, 1.82) is 0 Å². The molecule has 2 aliphatic rings. The monoisotopic (exact) mass is 536 g/mol. The predicted octanol–water partition coefficient (Wildman–Crippen LogP) is 0.692. The van der Waals surface area contributed by atoms with Crippen LogP contribution in [-0.2, 0) is 38.1 Å². The first-order valence-corrected chi connectivity index (χ1v) is 12.5. The Morgan fingerprint density at radius 3 is 2.39 bits per heavy atom. The first-order chi connectivity index (χ1) is 18.2. The van der Waals surface area contributed by atoms with E-state index < -0.39 is 73.0 Å². The first-order valence-electron chi connectivity index (χ1n) is 12.5. The quantitative estimate of drug-likeness (QED) is 0.219. The van der Waals surface area contributed by atoms with Gasteiger partial charge in [-0.05, 0) is 36.3 Å². The van der Waals surface area contributed by atoms with E-state index in [-0.39, 0.29) is 12.5 Å². The smallest absolute Gasteiger partial charge is 0.330 e. The lowest BCUT2D eigenvalue weighted by Crippen LogP contribution is -2.59. The Labute approximate surface area is 221 Å². The van der Waals surface area contributed by atoms with Crippen molar-refractivity contribution in [2.45, 2.75) is 50.5 Å². The molecule has 0 bridgehead atoms. The molecule has 9 atom stereocenters. The van der Waals surface area contributed by atoms with E-state index in [0.717, 1.165) is 5.56 Å². The fraction of sp³-hybridized carbons (Fsp3) is 0.593. The molecule has 3 rings (SSSR count). The van der Waals surface area contributed by atoms with Crippen LogP contribution in [0.5, 0.6) is 0 Å². The number of benzene rings is 1. The van der Waals surface area contributed by atoms with Gasteiger partial charge in [-0.2, -0.15) is 0 Å². The van der Waals surface area contributed by atoms with Gasteiger partial charge in [-0.15, -0.1) is 0 Å². The topological polar surface area (TPSA) is 158 Å². The van der Waals surface area contributed by atoms with Gasteiger partial charge in [0.05, 0.1) is 32.7 Å². The molecule has 1 saturated heterocycles. The maximum absolute atomic E-state index is 12.6. The van der Waals surface area contributed by atoms with E-state index >= 15 is 0 Å². The van der Waals surface area contributed by atoms with Crippen molar-refractivity contribution in [2.24, 2.45) is 23.7 Å². The third-order valence-corrected chi connectivity index (χ3v) is 7.23. The van der Waals surface area contributed by atoms with Gasteiger partial charge in [0.1, 0.15) is 31.0 Å². The van der Waals surface area contributed by atoms with Crippen molar-refractivity contribution >= 4 is 24.0 Å². The van der Waals surface area contributed by atoms with Gasteiger partial charge in [-0.1, -0.05) is 37.3 Å². The minimum atomic E-state index is -1.66. The molecule has 1 heterocycles. The maximum Gasteiger partial charge on any atom is 0.330 e. The zero-order valence-electron chi connectivity index (χ0n) is 21.7. The predicted molar refractivity (Wildman–Crippen MR) is 132 cm³/mol. The number of hydrogen-bond donors (Lipinski definition) is 3. The third-order valence-electron chi connectivity index (χ3n) is 7.23. The number of aliphatic hydroxyl groups is 3. The molecule has 0 aromatic heterocycles. The second kappa shape index (κ2) is 13.8. The summed E-state index contributed by atoms with van der Waals surface area (Å²) in [5.41, 5.74) is 0.789. The van der Waals surface area contributed by atoms with Crippen LogP contribution >= 0.6 is 0 Å². The zero-order valence-corrected chi connectivity index (χ0v) is 21.7. The molecule has 1 aromatic rings. The third kappa shape index (κ3) is 7.17. The Balaban J connectivity index is 1.63. The highest BCUT2D eigenvalue weighted by Crippen LogP contribution is 2.42. The van der Waals surface area contributed by atoms with Crippen molar-refractivity contribution < 1.29 is 53.4 Å². The van der Waals surface area contributed by atoms with Gasteiger partial charge in [0.15, 0.2) is 6.29 Å². The van der Waals surface area contributed by atoms with Crippen molar-refractivity contribution in [2.75, 3.05) is 27.4 Å². The van der Waals surface area contributed by atoms with Crippen LogP contribution in [0.4, 0.5) is 0 Å². The molecule has 3 N–H and O–H groups in total. The fourth-order valence-electron chi connectivity index (χ4n) is 5.08. The molecule has 11 heteroatoms. The summed E-state index contributed by atoms with van der Waals surface area (Å²) in [6.45, 7) is 1.20. The molecule has 0 unspecified atom stereocenters. The molecule has 1 aromatic carbocycles. The standard InChI is InChI=1S/C27H36O11/c1-15-9-11-17(21(15)26(33)35-3)18(25(32)34-2)13-37-27-24(31)23(30)22(29)19(38-27)14-36-20(28)12-10-16-7-5-4-6-8-16/h4-8,10,12,15,17-19,21-24,27,29-31H,9,11,13-14H2,1-3H3/b12-10+/t15-,17+,18+,19+,21-,22+,23-,24+,27+/m0/s1. The number of carbonyl (C=O) groups excluding carboxylic acids is 3. The summed E-state index contributed by atoms with van der Waals surface area (Å²) in [4.78, 5) is 37.1. The lowest BCUT2D eigenvalue weighted by atomic mass is 9.81. The molecular formula is C27H36O11. The first kappa shape index (κ1) is 29.7. The van der Waals surface area contributed by atoms with Crippen molar-refractivity contribution in [1.82, 2.24) is 0 Å². The van der Waals surface area contributed by atoms with Crippen molar-refractivity contribution in [3.8, 4) is 0 Å². The largest absolute Gasteiger partial charge is 0.469 e. The summed E-state index contributed by atoms with van der Waals surface area (Å²) in [5, 5.41) is 31.1. The van der Waals surface area contributed by atoms with Crippen LogP contribution in [0.2, 0.25) is 0 Å².